The summed E-state index contributed by atoms with van der Waals surface area (Å²) in [6.45, 7) is 0. The van der Waals surface area contributed by atoms with E-state index >= 15 is 0 Å². The maximum absolute atomic E-state index is 11.4. The fourth-order valence-electron chi connectivity index (χ4n) is 0.443. The summed E-state index contributed by atoms with van der Waals surface area (Å²) in [5.74, 6) is -1.95. The molecule has 0 atom stereocenters. The highest BCUT2D eigenvalue weighted by Crippen LogP contribution is 2.23. The Morgan fingerprint density at radius 3 is 2.20 bits per heavy atom. The van der Waals surface area contributed by atoms with Crippen molar-refractivity contribution in [3.63, 3.8) is 0 Å². The Hall–Kier alpha value is -0.740. The first kappa shape index (κ1) is 7.37. The van der Waals surface area contributed by atoms with Crippen molar-refractivity contribution in [3.8, 4) is 0 Å². The number of halogens is 3. The zero-order chi connectivity index (χ0) is 7.78. The van der Waals surface area contributed by atoms with Gasteiger partial charge in [-0.25, -0.2) is 5.32 Å². The van der Waals surface area contributed by atoms with Crippen LogP contribution in [0, 0.1) is 0 Å². The lowest BCUT2D eigenvalue weighted by Gasteiger charge is -2.02. The second-order valence-electron chi connectivity index (χ2n) is 2.16. The first-order valence-corrected chi connectivity index (χ1v) is 2.82. The Kier molecular flexibility index (Phi) is 1.58. The SMILES string of the molecule is O=C([N]C1CC1)C(F)(F)F. The van der Waals surface area contributed by atoms with Crippen LogP contribution in [0.5, 0.6) is 0 Å². The van der Waals surface area contributed by atoms with Gasteiger partial charge in [0.25, 0.3) is 0 Å². The average molecular weight is 152 g/mol. The Morgan fingerprint density at radius 1 is 1.40 bits per heavy atom. The molecule has 1 saturated carbocycles. The van der Waals surface area contributed by atoms with E-state index in [9.17, 15) is 18.0 Å². The molecule has 0 bridgehead atoms. The van der Waals surface area contributed by atoms with Gasteiger partial charge in [0.2, 0.25) is 0 Å². The molecule has 1 rings (SSSR count). The molecule has 0 aromatic carbocycles. The number of nitrogens with zero attached hydrogens (tertiary/aromatic N) is 1. The smallest absolute Gasteiger partial charge is 0.262 e. The van der Waals surface area contributed by atoms with E-state index in [4.69, 9.17) is 0 Å². The van der Waals surface area contributed by atoms with Crippen LogP contribution in [0.3, 0.4) is 0 Å². The van der Waals surface area contributed by atoms with Gasteiger partial charge in [0.05, 0.1) is 6.04 Å². The largest absolute Gasteiger partial charge is 0.473 e. The molecule has 10 heavy (non-hydrogen) atoms. The molecule has 0 aromatic heterocycles. The van der Waals surface area contributed by atoms with Gasteiger partial charge >= 0.3 is 12.1 Å². The van der Waals surface area contributed by atoms with E-state index in [-0.39, 0.29) is 6.04 Å². The van der Waals surface area contributed by atoms with Gasteiger partial charge in [-0.2, -0.15) is 13.2 Å². The molecule has 1 aliphatic rings. The van der Waals surface area contributed by atoms with Crippen molar-refractivity contribution in [2.24, 2.45) is 0 Å². The second kappa shape index (κ2) is 2.14. The third-order valence-corrected chi connectivity index (χ3v) is 1.09. The van der Waals surface area contributed by atoms with Gasteiger partial charge in [-0.15, -0.1) is 0 Å². The third kappa shape index (κ3) is 1.89. The topological polar surface area (TPSA) is 31.2 Å². The molecular formula is C5H5F3NO. The van der Waals surface area contributed by atoms with Crippen molar-refractivity contribution in [1.82, 2.24) is 5.32 Å². The highest BCUT2D eigenvalue weighted by Gasteiger charge is 2.42. The van der Waals surface area contributed by atoms with Gasteiger partial charge in [-0.1, -0.05) is 0 Å². The molecule has 0 saturated heterocycles. The standard InChI is InChI=1S/C5H5F3NO/c6-5(7,8)4(10)9-3-1-2-3/h3H,1-2H2. The molecule has 1 fully saturated rings. The lowest BCUT2D eigenvalue weighted by Crippen LogP contribution is -2.32. The number of rotatable bonds is 1. The molecule has 1 amide bonds. The van der Waals surface area contributed by atoms with E-state index in [1.165, 1.54) is 0 Å². The Balaban J connectivity index is 2.32. The van der Waals surface area contributed by atoms with Crippen LogP contribution in [0.4, 0.5) is 13.2 Å². The maximum Gasteiger partial charge on any atom is 0.473 e. The van der Waals surface area contributed by atoms with Gasteiger partial charge in [-0.3, -0.25) is 4.79 Å². The predicted octanol–water partition coefficient (Wildman–Crippen LogP) is 0.842. The lowest BCUT2D eigenvalue weighted by molar-refractivity contribution is -0.174. The van der Waals surface area contributed by atoms with Crippen molar-refractivity contribution < 1.29 is 18.0 Å². The normalized spacial score (nSPS) is 18.7. The number of carbonyl (C=O) groups excluding carboxylic acids is 1. The van der Waals surface area contributed by atoms with Gasteiger partial charge < -0.3 is 0 Å². The van der Waals surface area contributed by atoms with Crippen molar-refractivity contribution in [3.05, 3.63) is 0 Å². The molecule has 0 N–H and O–H groups in total. The minimum atomic E-state index is -4.78. The first-order chi connectivity index (χ1) is 4.50. The number of hydrogen-bond donors (Lipinski definition) is 0. The van der Waals surface area contributed by atoms with Crippen LogP contribution in [0.25, 0.3) is 0 Å². The van der Waals surface area contributed by atoms with E-state index in [0.29, 0.717) is 12.8 Å². The summed E-state index contributed by atoms with van der Waals surface area (Å²) in [6.07, 6.45) is -3.55. The van der Waals surface area contributed by atoms with Crippen LogP contribution in [0.1, 0.15) is 12.8 Å². The predicted molar refractivity (Wildman–Crippen MR) is 26.2 cm³/mol. The van der Waals surface area contributed by atoms with Crippen molar-refractivity contribution >= 4 is 5.91 Å². The van der Waals surface area contributed by atoms with Crippen LogP contribution in [0.15, 0.2) is 0 Å². The molecule has 2 nitrogen and oxygen atoms in total. The summed E-state index contributed by atoms with van der Waals surface area (Å²) in [4.78, 5) is 10.0. The highest BCUT2D eigenvalue weighted by molar-refractivity contribution is 5.81. The summed E-state index contributed by atoms with van der Waals surface area (Å²) >= 11 is 0. The number of alkyl halides is 3. The quantitative estimate of drug-likeness (QED) is 0.547. The Labute approximate surface area is 55.4 Å². The van der Waals surface area contributed by atoms with E-state index in [1.807, 2.05) is 0 Å². The molecule has 5 heteroatoms. The van der Waals surface area contributed by atoms with Gasteiger partial charge in [0.15, 0.2) is 0 Å². The lowest BCUT2D eigenvalue weighted by atomic mass is 10.5. The van der Waals surface area contributed by atoms with Crippen molar-refractivity contribution in [2.75, 3.05) is 0 Å². The summed E-state index contributed by atoms with van der Waals surface area (Å²) in [7, 11) is 0. The fourth-order valence-corrected chi connectivity index (χ4v) is 0.443. The number of amides is 1. The first-order valence-electron chi connectivity index (χ1n) is 2.82. The fraction of sp³-hybridized carbons (Fsp3) is 0.800. The van der Waals surface area contributed by atoms with E-state index in [0.717, 1.165) is 0 Å². The molecule has 57 valence electrons. The van der Waals surface area contributed by atoms with Gasteiger partial charge in [-0.05, 0) is 12.8 Å². The monoisotopic (exact) mass is 152 g/mol. The molecular weight excluding hydrogens is 147 g/mol. The van der Waals surface area contributed by atoms with E-state index < -0.39 is 12.1 Å². The number of carbonyl (C=O) groups is 1. The van der Waals surface area contributed by atoms with E-state index in [1.54, 1.807) is 0 Å². The van der Waals surface area contributed by atoms with Crippen LogP contribution in [-0.4, -0.2) is 18.1 Å². The van der Waals surface area contributed by atoms with Crippen LogP contribution in [0.2, 0.25) is 0 Å². The molecule has 0 aliphatic heterocycles. The maximum atomic E-state index is 11.4. The molecule has 1 radical (unpaired) electrons. The zero-order valence-corrected chi connectivity index (χ0v) is 4.98. The van der Waals surface area contributed by atoms with Crippen LogP contribution in [-0.2, 0) is 4.79 Å². The Bertz CT molecular complexity index is 149. The van der Waals surface area contributed by atoms with Gasteiger partial charge in [0, 0.05) is 0 Å². The number of hydrogen-bond acceptors (Lipinski definition) is 1. The second-order valence-corrected chi connectivity index (χ2v) is 2.16. The van der Waals surface area contributed by atoms with Crippen LogP contribution >= 0.6 is 0 Å². The molecule has 0 aromatic rings. The summed E-state index contributed by atoms with van der Waals surface area (Å²) in [5.41, 5.74) is 0. The summed E-state index contributed by atoms with van der Waals surface area (Å²) in [6, 6.07) is -0.353. The molecule has 0 spiro atoms. The van der Waals surface area contributed by atoms with Crippen molar-refractivity contribution in [2.45, 2.75) is 25.1 Å². The molecule has 1 aliphatic carbocycles. The highest BCUT2D eigenvalue weighted by atomic mass is 19.4. The van der Waals surface area contributed by atoms with Crippen molar-refractivity contribution in [1.29, 1.82) is 0 Å². The van der Waals surface area contributed by atoms with Gasteiger partial charge in [0.1, 0.15) is 0 Å². The Morgan fingerprint density at radius 2 is 1.90 bits per heavy atom. The summed E-state index contributed by atoms with van der Waals surface area (Å²) < 4.78 is 34.2. The average Bonchev–Trinajstić information content (AvgIpc) is 2.47. The summed E-state index contributed by atoms with van der Waals surface area (Å²) in [5, 5.41) is 2.90. The van der Waals surface area contributed by atoms with Crippen LogP contribution < -0.4 is 5.32 Å². The minimum Gasteiger partial charge on any atom is -0.262 e. The third-order valence-electron chi connectivity index (χ3n) is 1.09. The van der Waals surface area contributed by atoms with E-state index in [2.05, 4.69) is 5.32 Å². The zero-order valence-electron chi connectivity index (χ0n) is 4.98. The molecule has 0 unspecified atom stereocenters. The minimum absolute atomic E-state index is 0.353. The molecule has 0 heterocycles.